The molecule has 29 heavy (non-hydrogen) atoms. The summed E-state index contributed by atoms with van der Waals surface area (Å²) in [6.45, 7) is 6.04. The van der Waals surface area contributed by atoms with Crippen LogP contribution in [-0.2, 0) is 0 Å². The third-order valence-corrected chi connectivity index (χ3v) is 7.27. The van der Waals surface area contributed by atoms with Gasteiger partial charge < -0.3 is 5.32 Å². The van der Waals surface area contributed by atoms with E-state index in [4.69, 9.17) is 0 Å². The van der Waals surface area contributed by atoms with Crippen molar-refractivity contribution in [1.82, 2.24) is 0 Å². The van der Waals surface area contributed by atoms with E-state index in [9.17, 15) is 17.6 Å². The number of anilines is 1. The second-order valence-electron chi connectivity index (χ2n) is 9.05. The van der Waals surface area contributed by atoms with Crippen LogP contribution in [0.1, 0.15) is 46.5 Å². The van der Waals surface area contributed by atoms with Crippen molar-refractivity contribution in [3.05, 3.63) is 64.7 Å². The summed E-state index contributed by atoms with van der Waals surface area (Å²) in [4.78, 5) is 0. The molecule has 0 bridgehead atoms. The standard InChI is InChI=1S/C24H27F4N/c1-14-13-23(3)16(12-22(14)29-18-7-5-17(25)6-8-18)4-9-19-15(2)20(24(26,27)28)10-11-21(19)23/h5-8,11-12,15,19-20,29H,4,9-10,13H2,1-3H3/t15?,19?,20-,23+/m1/s1. The highest BCUT2D eigenvalue weighted by Gasteiger charge is 2.52. The highest BCUT2D eigenvalue weighted by Crippen LogP contribution is 2.59. The molecule has 4 atom stereocenters. The smallest absolute Gasteiger partial charge is 0.356 e. The first kappa shape index (κ1) is 20.2. The lowest BCUT2D eigenvalue weighted by Gasteiger charge is -2.51. The topological polar surface area (TPSA) is 12.0 Å². The van der Waals surface area contributed by atoms with E-state index in [-0.39, 0.29) is 29.5 Å². The van der Waals surface area contributed by atoms with E-state index in [1.807, 2.05) is 6.08 Å². The Kier molecular flexibility index (Phi) is 4.91. The lowest BCUT2D eigenvalue weighted by atomic mass is 9.54. The van der Waals surface area contributed by atoms with Gasteiger partial charge in [0.25, 0.3) is 0 Å². The Balaban J connectivity index is 1.62. The molecule has 0 saturated heterocycles. The average Bonchev–Trinajstić information content (AvgIpc) is 2.64. The van der Waals surface area contributed by atoms with Crippen LogP contribution in [0.4, 0.5) is 23.2 Å². The molecule has 0 heterocycles. The van der Waals surface area contributed by atoms with Gasteiger partial charge in [-0.2, -0.15) is 13.2 Å². The van der Waals surface area contributed by atoms with E-state index < -0.39 is 12.1 Å². The Morgan fingerprint density at radius 1 is 1.14 bits per heavy atom. The van der Waals surface area contributed by atoms with Crippen LogP contribution < -0.4 is 5.32 Å². The molecule has 1 saturated carbocycles. The quantitative estimate of drug-likeness (QED) is 0.399. The fraction of sp³-hybridized carbons (Fsp3) is 0.500. The maximum Gasteiger partial charge on any atom is 0.392 e. The maximum absolute atomic E-state index is 13.4. The van der Waals surface area contributed by atoms with Gasteiger partial charge in [-0.05, 0) is 80.4 Å². The van der Waals surface area contributed by atoms with E-state index in [1.165, 1.54) is 28.9 Å². The lowest BCUT2D eigenvalue weighted by molar-refractivity contribution is -0.193. The molecule has 1 nitrogen and oxygen atoms in total. The Labute approximate surface area is 169 Å². The Morgan fingerprint density at radius 2 is 1.83 bits per heavy atom. The van der Waals surface area contributed by atoms with Crippen LogP contribution in [0, 0.1) is 29.0 Å². The summed E-state index contributed by atoms with van der Waals surface area (Å²) >= 11 is 0. The number of hydrogen-bond donors (Lipinski definition) is 1. The lowest BCUT2D eigenvalue weighted by Crippen LogP contribution is -2.43. The number of benzene rings is 1. The van der Waals surface area contributed by atoms with Crippen LogP contribution in [-0.4, -0.2) is 6.18 Å². The van der Waals surface area contributed by atoms with E-state index in [0.29, 0.717) is 0 Å². The van der Waals surface area contributed by atoms with Gasteiger partial charge >= 0.3 is 6.18 Å². The van der Waals surface area contributed by atoms with Gasteiger partial charge in [0.1, 0.15) is 5.82 Å². The summed E-state index contributed by atoms with van der Waals surface area (Å²) in [6, 6.07) is 6.27. The molecule has 0 radical (unpaired) electrons. The molecule has 3 aliphatic rings. The molecule has 3 aliphatic carbocycles. The van der Waals surface area contributed by atoms with Gasteiger partial charge in [0.15, 0.2) is 0 Å². The number of nitrogens with one attached hydrogen (secondary N) is 1. The van der Waals surface area contributed by atoms with Crippen LogP contribution in [0.3, 0.4) is 0 Å². The van der Waals surface area contributed by atoms with Crippen molar-refractivity contribution in [2.45, 2.75) is 52.6 Å². The number of alkyl halides is 3. The number of halogens is 4. The minimum atomic E-state index is -4.13. The number of fused-ring (bicyclic) bond motifs is 3. The third kappa shape index (κ3) is 3.53. The Hall–Kier alpha value is -2.04. The van der Waals surface area contributed by atoms with Crippen molar-refractivity contribution in [1.29, 1.82) is 0 Å². The maximum atomic E-state index is 13.4. The van der Waals surface area contributed by atoms with Gasteiger partial charge in [0.05, 0.1) is 5.92 Å². The molecule has 156 valence electrons. The monoisotopic (exact) mass is 405 g/mol. The van der Waals surface area contributed by atoms with E-state index in [0.717, 1.165) is 30.6 Å². The van der Waals surface area contributed by atoms with E-state index in [2.05, 4.69) is 25.2 Å². The Bertz CT molecular complexity index is 890. The molecule has 5 heteroatoms. The van der Waals surface area contributed by atoms with Gasteiger partial charge in [-0.3, -0.25) is 0 Å². The largest absolute Gasteiger partial charge is 0.392 e. The fourth-order valence-corrected chi connectivity index (χ4v) is 5.64. The van der Waals surface area contributed by atoms with Gasteiger partial charge in [0.2, 0.25) is 0 Å². The first-order valence-corrected chi connectivity index (χ1v) is 10.3. The van der Waals surface area contributed by atoms with Gasteiger partial charge in [-0.15, -0.1) is 0 Å². The first-order valence-electron chi connectivity index (χ1n) is 10.3. The number of rotatable bonds is 2. The van der Waals surface area contributed by atoms with Crippen LogP contribution in [0.15, 0.2) is 58.8 Å². The van der Waals surface area contributed by atoms with Crippen LogP contribution >= 0.6 is 0 Å². The highest BCUT2D eigenvalue weighted by atomic mass is 19.4. The predicted molar refractivity (Wildman–Crippen MR) is 108 cm³/mol. The van der Waals surface area contributed by atoms with Gasteiger partial charge in [0, 0.05) is 16.8 Å². The van der Waals surface area contributed by atoms with Crippen molar-refractivity contribution in [3.63, 3.8) is 0 Å². The molecule has 0 aliphatic heterocycles. The SMILES string of the molecule is CC1=C(Nc2ccc(F)cc2)C=C2CCC3C(=CC[C@@H](C(F)(F)F)C3C)[C@@]2(C)C1. The zero-order valence-corrected chi connectivity index (χ0v) is 17.0. The molecule has 0 amide bonds. The number of allylic oxidation sites excluding steroid dienone is 5. The minimum absolute atomic E-state index is 0.00284. The molecule has 0 aromatic heterocycles. The molecular weight excluding hydrogens is 378 g/mol. The van der Waals surface area contributed by atoms with Crippen molar-refractivity contribution < 1.29 is 17.6 Å². The Morgan fingerprint density at radius 3 is 2.48 bits per heavy atom. The zero-order valence-electron chi connectivity index (χ0n) is 17.0. The van der Waals surface area contributed by atoms with Crippen LogP contribution in [0.5, 0.6) is 0 Å². The molecule has 2 unspecified atom stereocenters. The summed E-state index contributed by atoms with van der Waals surface area (Å²) in [5.41, 5.74) is 5.29. The van der Waals surface area contributed by atoms with Gasteiger partial charge in [-0.1, -0.05) is 31.1 Å². The molecular formula is C24H27F4N. The molecule has 1 aromatic carbocycles. The van der Waals surface area contributed by atoms with Crippen molar-refractivity contribution in [2.24, 2.45) is 23.2 Å². The molecule has 1 N–H and O–H groups in total. The fourth-order valence-electron chi connectivity index (χ4n) is 5.64. The number of hydrogen-bond acceptors (Lipinski definition) is 1. The summed E-state index contributed by atoms with van der Waals surface area (Å²) < 4.78 is 53.5. The van der Waals surface area contributed by atoms with Crippen molar-refractivity contribution >= 4 is 5.69 Å². The van der Waals surface area contributed by atoms with Crippen molar-refractivity contribution in [3.8, 4) is 0 Å². The second-order valence-corrected chi connectivity index (χ2v) is 9.05. The first-order chi connectivity index (χ1) is 13.6. The van der Waals surface area contributed by atoms with Crippen LogP contribution in [0.2, 0.25) is 0 Å². The zero-order chi connectivity index (χ0) is 21.0. The minimum Gasteiger partial charge on any atom is -0.356 e. The predicted octanol–water partition coefficient (Wildman–Crippen LogP) is 7.40. The van der Waals surface area contributed by atoms with Crippen molar-refractivity contribution in [2.75, 3.05) is 5.32 Å². The molecule has 1 fully saturated rings. The summed E-state index contributed by atoms with van der Waals surface area (Å²) in [5, 5.41) is 3.38. The summed E-state index contributed by atoms with van der Waals surface area (Å²) in [7, 11) is 0. The second kappa shape index (κ2) is 7.03. The van der Waals surface area contributed by atoms with E-state index >= 15 is 0 Å². The van der Waals surface area contributed by atoms with E-state index in [1.54, 1.807) is 19.1 Å². The molecule has 4 rings (SSSR count). The van der Waals surface area contributed by atoms with Gasteiger partial charge in [-0.25, -0.2) is 4.39 Å². The highest BCUT2D eigenvalue weighted by molar-refractivity contribution is 5.56. The normalized spacial score (nSPS) is 32.2. The average molecular weight is 405 g/mol. The van der Waals surface area contributed by atoms with Crippen LogP contribution in [0.25, 0.3) is 0 Å². The molecule has 1 aromatic rings. The molecule has 0 spiro atoms. The third-order valence-electron chi connectivity index (χ3n) is 7.27. The summed E-state index contributed by atoms with van der Waals surface area (Å²) in [6.07, 6.45) is 2.39. The summed E-state index contributed by atoms with van der Waals surface area (Å²) in [5.74, 6) is -1.89.